The van der Waals surface area contributed by atoms with Gasteiger partial charge in [-0.05, 0) is 40.9 Å². The van der Waals surface area contributed by atoms with E-state index in [1.807, 2.05) is 12.1 Å². The van der Waals surface area contributed by atoms with E-state index in [4.69, 9.17) is 4.74 Å². The molecule has 1 aromatic carbocycles. The number of benzene rings is 1. The summed E-state index contributed by atoms with van der Waals surface area (Å²) < 4.78 is 5.23. The van der Waals surface area contributed by atoms with E-state index in [9.17, 15) is 5.11 Å². The average molecular weight is 264 g/mol. The van der Waals surface area contributed by atoms with E-state index in [0.717, 1.165) is 6.42 Å². The van der Waals surface area contributed by atoms with E-state index >= 15 is 0 Å². The molecule has 0 saturated heterocycles. The molecule has 1 aromatic rings. The quantitative estimate of drug-likeness (QED) is 0.835. The minimum Gasteiger partial charge on any atom is -0.504 e. The molecule has 1 rings (SSSR count). The zero-order valence-corrected chi connectivity index (χ0v) is 13.4. The molecule has 0 aliphatic heterocycles. The number of aromatic hydroxyl groups is 1. The summed E-state index contributed by atoms with van der Waals surface area (Å²) in [5, 5.41) is 9.73. The molecular formula is C17H28O2. The van der Waals surface area contributed by atoms with Gasteiger partial charge in [-0.15, -0.1) is 0 Å². The Morgan fingerprint density at radius 2 is 1.68 bits per heavy atom. The summed E-state index contributed by atoms with van der Waals surface area (Å²) in [6.07, 6.45) is 1.10. The van der Waals surface area contributed by atoms with Crippen LogP contribution in [0.25, 0.3) is 0 Å². The van der Waals surface area contributed by atoms with Gasteiger partial charge in [0.1, 0.15) is 0 Å². The Morgan fingerprint density at radius 3 is 2.11 bits per heavy atom. The Labute approximate surface area is 117 Å². The van der Waals surface area contributed by atoms with E-state index in [-0.39, 0.29) is 16.6 Å². The van der Waals surface area contributed by atoms with Gasteiger partial charge in [-0.25, -0.2) is 0 Å². The molecule has 1 atom stereocenters. The predicted molar refractivity (Wildman–Crippen MR) is 80.9 cm³/mol. The molecule has 0 aromatic heterocycles. The predicted octanol–water partition coefficient (Wildman–Crippen LogP) is 4.97. The van der Waals surface area contributed by atoms with Gasteiger partial charge in [0.2, 0.25) is 0 Å². The third kappa shape index (κ3) is 4.45. The molecule has 0 spiro atoms. The summed E-state index contributed by atoms with van der Waals surface area (Å²) in [6.45, 7) is 13.6. The molecule has 2 heteroatoms. The highest BCUT2D eigenvalue weighted by Gasteiger charge is 2.30. The van der Waals surface area contributed by atoms with Crippen molar-refractivity contribution in [2.45, 2.75) is 53.9 Å². The highest BCUT2D eigenvalue weighted by atomic mass is 16.5. The third-order valence-corrected chi connectivity index (χ3v) is 3.47. The van der Waals surface area contributed by atoms with Gasteiger partial charge >= 0.3 is 0 Å². The van der Waals surface area contributed by atoms with Crippen LogP contribution in [0.15, 0.2) is 18.2 Å². The van der Waals surface area contributed by atoms with Crippen LogP contribution in [0, 0.1) is 10.8 Å². The monoisotopic (exact) mass is 264 g/mol. The normalized spacial score (nSPS) is 14.3. The minimum atomic E-state index is 0.176. The van der Waals surface area contributed by atoms with Crippen molar-refractivity contribution < 1.29 is 9.84 Å². The Morgan fingerprint density at radius 1 is 1.11 bits per heavy atom. The van der Waals surface area contributed by atoms with Crippen molar-refractivity contribution in [2.24, 2.45) is 10.8 Å². The first-order chi connectivity index (χ1) is 8.54. The first-order valence-electron chi connectivity index (χ1n) is 6.91. The van der Waals surface area contributed by atoms with E-state index < -0.39 is 0 Å². The standard InChI is InChI=1S/C17H28O2/c1-16(2,3)11-13(17(4,5)6)12-8-9-14(18)15(10-12)19-7/h8-10,13,18H,11H2,1-7H3. The first-order valence-corrected chi connectivity index (χ1v) is 6.91. The van der Waals surface area contributed by atoms with E-state index in [1.54, 1.807) is 13.2 Å². The summed E-state index contributed by atoms with van der Waals surface area (Å²) in [5.74, 6) is 1.19. The maximum Gasteiger partial charge on any atom is 0.160 e. The van der Waals surface area contributed by atoms with Crippen molar-refractivity contribution in [1.29, 1.82) is 0 Å². The summed E-state index contributed by atoms with van der Waals surface area (Å²) in [4.78, 5) is 0. The lowest BCUT2D eigenvalue weighted by atomic mass is 9.69. The van der Waals surface area contributed by atoms with Crippen molar-refractivity contribution in [2.75, 3.05) is 7.11 Å². The SMILES string of the molecule is COc1cc(C(CC(C)(C)C)C(C)(C)C)ccc1O. The van der Waals surface area contributed by atoms with Gasteiger partial charge in [-0.1, -0.05) is 47.6 Å². The van der Waals surface area contributed by atoms with Gasteiger partial charge in [-0.3, -0.25) is 0 Å². The van der Waals surface area contributed by atoms with Crippen LogP contribution in [0.3, 0.4) is 0 Å². The maximum absolute atomic E-state index is 9.73. The van der Waals surface area contributed by atoms with Crippen LogP contribution in [0.5, 0.6) is 11.5 Å². The minimum absolute atomic E-state index is 0.176. The molecule has 0 bridgehead atoms. The second-order valence-corrected chi connectivity index (χ2v) is 7.61. The van der Waals surface area contributed by atoms with Crippen LogP contribution >= 0.6 is 0 Å². The number of methoxy groups -OCH3 is 1. The zero-order valence-electron chi connectivity index (χ0n) is 13.4. The number of rotatable bonds is 3. The zero-order chi connectivity index (χ0) is 14.8. The van der Waals surface area contributed by atoms with E-state index in [1.165, 1.54) is 5.56 Å². The fourth-order valence-electron chi connectivity index (χ4n) is 2.45. The van der Waals surface area contributed by atoms with Gasteiger partial charge in [0.25, 0.3) is 0 Å². The smallest absolute Gasteiger partial charge is 0.160 e. The van der Waals surface area contributed by atoms with Gasteiger partial charge in [0.05, 0.1) is 7.11 Å². The molecule has 1 unspecified atom stereocenters. The van der Waals surface area contributed by atoms with Crippen molar-refractivity contribution in [3.63, 3.8) is 0 Å². The number of phenols is 1. The van der Waals surface area contributed by atoms with Crippen LogP contribution in [-0.4, -0.2) is 12.2 Å². The van der Waals surface area contributed by atoms with Crippen molar-refractivity contribution in [3.8, 4) is 11.5 Å². The summed E-state index contributed by atoms with van der Waals surface area (Å²) in [6, 6.07) is 5.71. The molecule has 108 valence electrons. The van der Waals surface area contributed by atoms with Gasteiger partial charge in [-0.2, -0.15) is 0 Å². The molecular weight excluding hydrogens is 236 g/mol. The molecule has 0 amide bonds. The Balaban J connectivity index is 3.18. The topological polar surface area (TPSA) is 29.5 Å². The second-order valence-electron chi connectivity index (χ2n) is 7.61. The molecule has 1 N–H and O–H groups in total. The molecule has 0 heterocycles. The summed E-state index contributed by atoms with van der Waals surface area (Å²) in [7, 11) is 1.59. The molecule has 19 heavy (non-hydrogen) atoms. The van der Waals surface area contributed by atoms with Crippen molar-refractivity contribution >= 4 is 0 Å². The van der Waals surface area contributed by atoms with E-state index in [0.29, 0.717) is 11.7 Å². The number of phenolic OH excluding ortho intramolecular Hbond substituents is 1. The maximum atomic E-state index is 9.73. The number of hydrogen-bond acceptors (Lipinski definition) is 2. The van der Waals surface area contributed by atoms with Crippen molar-refractivity contribution in [1.82, 2.24) is 0 Å². The lowest BCUT2D eigenvalue weighted by Gasteiger charge is -2.36. The average Bonchev–Trinajstić information content (AvgIpc) is 2.24. The van der Waals surface area contributed by atoms with Crippen LogP contribution in [-0.2, 0) is 0 Å². The van der Waals surface area contributed by atoms with Crippen molar-refractivity contribution in [3.05, 3.63) is 23.8 Å². The lowest BCUT2D eigenvalue weighted by molar-refractivity contribution is 0.228. The largest absolute Gasteiger partial charge is 0.504 e. The summed E-state index contributed by atoms with van der Waals surface area (Å²) in [5.41, 5.74) is 1.68. The fraction of sp³-hybridized carbons (Fsp3) is 0.647. The number of hydrogen-bond donors (Lipinski definition) is 1. The van der Waals surface area contributed by atoms with Gasteiger partial charge in [0, 0.05) is 0 Å². The Kier molecular flexibility index (Phi) is 4.54. The third-order valence-electron chi connectivity index (χ3n) is 3.47. The molecule has 0 radical (unpaired) electrons. The van der Waals surface area contributed by atoms with Crippen LogP contribution in [0.4, 0.5) is 0 Å². The Hall–Kier alpha value is -1.18. The molecule has 2 nitrogen and oxygen atoms in total. The number of ether oxygens (including phenoxy) is 1. The van der Waals surface area contributed by atoms with E-state index in [2.05, 4.69) is 41.5 Å². The second kappa shape index (κ2) is 5.44. The van der Waals surface area contributed by atoms with Crippen LogP contribution < -0.4 is 4.74 Å². The van der Waals surface area contributed by atoms with Gasteiger partial charge in [0.15, 0.2) is 11.5 Å². The first kappa shape index (κ1) is 15.9. The van der Waals surface area contributed by atoms with Crippen LogP contribution in [0.2, 0.25) is 0 Å². The van der Waals surface area contributed by atoms with Gasteiger partial charge < -0.3 is 9.84 Å². The highest BCUT2D eigenvalue weighted by Crippen LogP contribution is 2.44. The highest BCUT2D eigenvalue weighted by molar-refractivity contribution is 5.43. The molecule has 0 aliphatic rings. The lowest BCUT2D eigenvalue weighted by Crippen LogP contribution is -2.23. The fourth-order valence-corrected chi connectivity index (χ4v) is 2.45. The summed E-state index contributed by atoms with van der Waals surface area (Å²) >= 11 is 0. The molecule has 0 saturated carbocycles. The molecule has 0 fully saturated rings. The molecule has 0 aliphatic carbocycles. The van der Waals surface area contributed by atoms with Crippen LogP contribution in [0.1, 0.15) is 59.4 Å². The Bertz CT molecular complexity index is 422.